The summed E-state index contributed by atoms with van der Waals surface area (Å²) in [5.74, 6) is 0.925. The first kappa shape index (κ1) is 13.8. The van der Waals surface area contributed by atoms with Crippen molar-refractivity contribution in [3.05, 3.63) is 59.5 Å². The normalized spacial score (nSPS) is 10.8. The molecule has 0 radical (unpaired) electrons. The summed E-state index contributed by atoms with van der Waals surface area (Å²) in [7, 11) is 1.93. The van der Waals surface area contributed by atoms with Crippen LogP contribution in [0.15, 0.2) is 47.1 Å². The van der Waals surface area contributed by atoms with E-state index in [4.69, 9.17) is 9.15 Å². The van der Waals surface area contributed by atoms with Gasteiger partial charge in [0.25, 0.3) is 0 Å². The van der Waals surface area contributed by atoms with Gasteiger partial charge in [-0.15, -0.1) is 0 Å². The molecule has 0 aliphatic heterocycles. The van der Waals surface area contributed by atoms with Crippen LogP contribution in [0.25, 0.3) is 0 Å². The lowest BCUT2D eigenvalue weighted by Crippen LogP contribution is -2.07. The first-order chi connectivity index (χ1) is 9.40. The van der Waals surface area contributed by atoms with Crippen molar-refractivity contribution in [3.63, 3.8) is 0 Å². The summed E-state index contributed by atoms with van der Waals surface area (Å²) < 4.78 is 11.1. The van der Waals surface area contributed by atoms with Gasteiger partial charge in [0, 0.05) is 18.7 Å². The van der Waals surface area contributed by atoms with E-state index in [-0.39, 0.29) is 0 Å². The molecule has 0 saturated carbocycles. The third-order valence-electron chi connectivity index (χ3n) is 3.04. The van der Waals surface area contributed by atoms with E-state index in [1.807, 2.05) is 19.2 Å². The molecular formula is C16H21NO2. The predicted molar refractivity (Wildman–Crippen MR) is 75.9 cm³/mol. The van der Waals surface area contributed by atoms with Gasteiger partial charge in [-0.05, 0) is 31.5 Å². The molecule has 3 heteroatoms. The first-order valence-corrected chi connectivity index (χ1v) is 6.71. The Morgan fingerprint density at radius 1 is 1.16 bits per heavy atom. The molecule has 1 heterocycles. The molecule has 3 nitrogen and oxygen atoms in total. The fourth-order valence-electron chi connectivity index (χ4n) is 2.03. The van der Waals surface area contributed by atoms with E-state index in [0.29, 0.717) is 6.61 Å². The van der Waals surface area contributed by atoms with Gasteiger partial charge < -0.3 is 14.5 Å². The fraction of sp³-hybridized carbons (Fsp3) is 0.375. The first-order valence-electron chi connectivity index (χ1n) is 6.71. The molecule has 102 valence electrons. The molecule has 0 aliphatic carbocycles. The number of aryl methyl sites for hydroxylation is 1. The van der Waals surface area contributed by atoms with E-state index >= 15 is 0 Å². The molecule has 1 aromatic heterocycles. The molecule has 1 N–H and O–H groups in total. The van der Waals surface area contributed by atoms with E-state index < -0.39 is 0 Å². The largest absolute Gasteiger partial charge is 0.467 e. The van der Waals surface area contributed by atoms with Crippen molar-refractivity contribution in [2.75, 3.05) is 13.7 Å². The number of nitrogens with one attached hydrogen (secondary N) is 1. The highest BCUT2D eigenvalue weighted by molar-refractivity contribution is 5.16. The van der Waals surface area contributed by atoms with Crippen LogP contribution < -0.4 is 5.32 Å². The van der Waals surface area contributed by atoms with Crippen LogP contribution in [-0.2, 0) is 24.3 Å². The van der Waals surface area contributed by atoms with Gasteiger partial charge in [0.15, 0.2) is 0 Å². The van der Waals surface area contributed by atoms with Gasteiger partial charge in [0.2, 0.25) is 0 Å². The number of hydrogen-bond acceptors (Lipinski definition) is 3. The van der Waals surface area contributed by atoms with Crippen LogP contribution in [0.1, 0.15) is 23.3 Å². The molecule has 0 spiro atoms. The van der Waals surface area contributed by atoms with Gasteiger partial charge in [-0.2, -0.15) is 0 Å². The van der Waals surface area contributed by atoms with E-state index in [1.54, 1.807) is 6.26 Å². The topological polar surface area (TPSA) is 34.4 Å². The highest BCUT2D eigenvalue weighted by atomic mass is 16.5. The zero-order chi connectivity index (χ0) is 13.3. The van der Waals surface area contributed by atoms with Crippen LogP contribution in [0.4, 0.5) is 0 Å². The Hall–Kier alpha value is -1.58. The van der Waals surface area contributed by atoms with Crippen molar-refractivity contribution in [2.45, 2.75) is 26.0 Å². The van der Waals surface area contributed by atoms with E-state index in [2.05, 4.69) is 29.6 Å². The van der Waals surface area contributed by atoms with Crippen LogP contribution in [0.5, 0.6) is 0 Å². The summed E-state index contributed by atoms with van der Waals surface area (Å²) in [5, 5.41) is 3.12. The Labute approximate surface area is 114 Å². The summed E-state index contributed by atoms with van der Waals surface area (Å²) in [6.07, 6.45) is 3.81. The highest BCUT2D eigenvalue weighted by Gasteiger charge is 2.05. The third kappa shape index (κ3) is 4.54. The van der Waals surface area contributed by atoms with Gasteiger partial charge in [0.1, 0.15) is 12.4 Å². The Bertz CT molecular complexity index is 465. The SMILES string of the molecule is CNCc1ccoc1COCCCc1ccccc1. The maximum absolute atomic E-state index is 5.67. The molecule has 0 aliphatic rings. The second kappa shape index (κ2) is 7.77. The highest BCUT2D eigenvalue weighted by Crippen LogP contribution is 2.12. The minimum atomic E-state index is 0.554. The van der Waals surface area contributed by atoms with Crippen LogP contribution in [0.3, 0.4) is 0 Å². The van der Waals surface area contributed by atoms with Crippen LogP contribution in [-0.4, -0.2) is 13.7 Å². The van der Waals surface area contributed by atoms with E-state index in [0.717, 1.165) is 31.8 Å². The fourth-order valence-corrected chi connectivity index (χ4v) is 2.03. The minimum Gasteiger partial charge on any atom is -0.467 e. The molecule has 1 aromatic carbocycles. The molecule has 0 bridgehead atoms. The molecule has 0 unspecified atom stereocenters. The zero-order valence-corrected chi connectivity index (χ0v) is 11.4. The number of furan rings is 1. The Morgan fingerprint density at radius 3 is 2.79 bits per heavy atom. The van der Waals surface area contributed by atoms with Crippen molar-refractivity contribution in [2.24, 2.45) is 0 Å². The van der Waals surface area contributed by atoms with Crippen molar-refractivity contribution >= 4 is 0 Å². The Kier molecular flexibility index (Phi) is 5.66. The number of hydrogen-bond donors (Lipinski definition) is 1. The van der Waals surface area contributed by atoms with Gasteiger partial charge in [-0.1, -0.05) is 30.3 Å². The summed E-state index contributed by atoms with van der Waals surface area (Å²) in [5.41, 5.74) is 2.53. The molecule has 2 rings (SSSR count). The smallest absolute Gasteiger partial charge is 0.133 e. The second-order valence-corrected chi connectivity index (χ2v) is 4.54. The molecule has 0 fully saturated rings. The van der Waals surface area contributed by atoms with E-state index in [1.165, 1.54) is 11.1 Å². The van der Waals surface area contributed by atoms with Crippen molar-refractivity contribution in [1.29, 1.82) is 0 Å². The number of rotatable bonds is 8. The maximum Gasteiger partial charge on any atom is 0.133 e. The van der Waals surface area contributed by atoms with Gasteiger partial charge in [-0.25, -0.2) is 0 Å². The molecule has 2 aromatic rings. The predicted octanol–water partition coefficient (Wildman–Crippen LogP) is 3.15. The van der Waals surface area contributed by atoms with Crippen LogP contribution in [0.2, 0.25) is 0 Å². The van der Waals surface area contributed by atoms with Gasteiger partial charge in [-0.3, -0.25) is 0 Å². The molecule has 19 heavy (non-hydrogen) atoms. The van der Waals surface area contributed by atoms with Crippen molar-refractivity contribution < 1.29 is 9.15 Å². The lowest BCUT2D eigenvalue weighted by atomic mass is 10.1. The number of benzene rings is 1. The minimum absolute atomic E-state index is 0.554. The van der Waals surface area contributed by atoms with Gasteiger partial charge in [0.05, 0.1) is 6.26 Å². The summed E-state index contributed by atoms with van der Waals surface area (Å²) in [6.45, 7) is 2.13. The molecular weight excluding hydrogens is 238 g/mol. The number of ether oxygens (including phenoxy) is 1. The van der Waals surface area contributed by atoms with E-state index in [9.17, 15) is 0 Å². The third-order valence-corrected chi connectivity index (χ3v) is 3.04. The lowest BCUT2D eigenvalue weighted by Gasteiger charge is -2.05. The molecule has 0 amide bonds. The zero-order valence-electron chi connectivity index (χ0n) is 11.4. The Morgan fingerprint density at radius 2 is 2.00 bits per heavy atom. The molecule has 0 atom stereocenters. The summed E-state index contributed by atoms with van der Waals surface area (Å²) in [4.78, 5) is 0. The standard InChI is InChI=1S/C16H21NO2/c1-17-12-15-9-11-19-16(15)13-18-10-5-8-14-6-3-2-4-7-14/h2-4,6-7,9,11,17H,5,8,10,12-13H2,1H3. The van der Waals surface area contributed by atoms with Crippen molar-refractivity contribution in [1.82, 2.24) is 5.32 Å². The average molecular weight is 259 g/mol. The summed E-state index contributed by atoms with van der Waals surface area (Å²) in [6, 6.07) is 12.5. The van der Waals surface area contributed by atoms with Gasteiger partial charge >= 0.3 is 0 Å². The summed E-state index contributed by atoms with van der Waals surface area (Å²) >= 11 is 0. The average Bonchev–Trinajstić information content (AvgIpc) is 2.88. The lowest BCUT2D eigenvalue weighted by molar-refractivity contribution is 0.103. The maximum atomic E-state index is 5.67. The van der Waals surface area contributed by atoms with Crippen LogP contribution in [0, 0.1) is 0 Å². The van der Waals surface area contributed by atoms with Crippen molar-refractivity contribution in [3.8, 4) is 0 Å². The second-order valence-electron chi connectivity index (χ2n) is 4.54. The Balaban J connectivity index is 1.65. The van der Waals surface area contributed by atoms with Crippen LogP contribution >= 0.6 is 0 Å². The quantitative estimate of drug-likeness (QED) is 0.739. The monoisotopic (exact) mass is 259 g/mol. The molecule has 0 saturated heterocycles.